The summed E-state index contributed by atoms with van der Waals surface area (Å²) in [6, 6.07) is 0. The van der Waals surface area contributed by atoms with Gasteiger partial charge in [-0.1, -0.05) is 0 Å². The van der Waals surface area contributed by atoms with E-state index < -0.39 is 24.4 Å². The van der Waals surface area contributed by atoms with Crippen LogP contribution in [0.25, 0.3) is 0 Å². The number of aliphatic hydroxyl groups is 2. The molecule has 9 heavy (non-hydrogen) atoms. The molecule has 6 heteroatoms. The molecule has 0 aliphatic heterocycles. The van der Waals surface area contributed by atoms with E-state index in [2.05, 4.69) is 4.84 Å². The molecule has 0 aromatic rings. The van der Waals surface area contributed by atoms with E-state index in [0.29, 0.717) is 0 Å². The van der Waals surface area contributed by atoms with E-state index in [0.717, 1.165) is 0 Å². The van der Waals surface area contributed by atoms with Crippen molar-refractivity contribution in [3.05, 3.63) is 10.1 Å². The summed E-state index contributed by atoms with van der Waals surface area (Å²) in [5.41, 5.74) is 0. The molecule has 0 radical (unpaired) electrons. The summed E-state index contributed by atoms with van der Waals surface area (Å²) in [4.78, 5) is 13.3. The van der Waals surface area contributed by atoms with Crippen molar-refractivity contribution in [2.24, 2.45) is 0 Å². The Hall–Kier alpha value is -0.880. The van der Waals surface area contributed by atoms with Crippen molar-refractivity contribution in [3.63, 3.8) is 0 Å². The van der Waals surface area contributed by atoms with Crippen LogP contribution in [-0.4, -0.2) is 34.6 Å². The van der Waals surface area contributed by atoms with Gasteiger partial charge in [0.15, 0.2) is 6.10 Å². The number of hydrogen-bond donors (Lipinski definition) is 2. The number of rotatable bonds is 4. The molecule has 0 fully saturated rings. The Kier molecular flexibility index (Phi) is 3.65. The van der Waals surface area contributed by atoms with E-state index in [-0.39, 0.29) is 0 Å². The van der Waals surface area contributed by atoms with Crippen molar-refractivity contribution in [2.45, 2.75) is 6.10 Å². The topological polar surface area (TPSA) is 92.8 Å². The normalized spacial score (nSPS) is 9.67. The van der Waals surface area contributed by atoms with Crippen LogP contribution in [0.1, 0.15) is 0 Å². The van der Waals surface area contributed by atoms with Gasteiger partial charge in [0.2, 0.25) is 0 Å². The van der Waals surface area contributed by atoms with Gasteiger partial charge >= 0.3 is 0 Å². The lowest BCUT2D eigenvalue weighted by Gasteiger charge is -2.05. The lowest BCUT2D eigenvalue weighted by Crippen LogP contribution is -2.24. The fourth-order valence-electron chi connectivity index (χ4n) is 0.246. The standard InChI is InChI=1S/C3H7NO5/c5-1-3(2-6)9-4(7)8/h3,5-6H,1-2H2. The second kappa shape index (κ2) is 4.04. The van der Waals surface area contributed by atoms with Gasteiger partial charge in [-0.25, -0.2) is 0 Å². The Bertz CT molecular complexity index is 90.2. The fourth-order valence-corrected chi connectivity index (χ4v) is 0.246. The molecule has 0 atom stereocenters. The Morgan fingerprint density at radius 2 is 2.00 bits per heavy atom. The van der Waals surface area contributed by atoms with Crippen molar-refractivity contribution in [1.29, 1.82) is 0 Å². The second-order valence-electron chi connectivity index (χ2n) is 1.32. The summed E-state index contributed by atoms with van der Waals surface area (Å²) in [6.07, 6.45) is -1.11. The van der Waals surface area contributed by atoms with Crippen molar-refractivity contribution >= 4 is 0 Å². The maximum Gasteiger partial charge on any atom is 0.294 e. The third-order valence-corrected chi connectivity index (χ3v) is 0.642. The van der Waals surface area contributed by atoms with E-state index in [4.69, 9.17) is 10.2 Å². The van der Waals surface area contributed by atoms with E-state index in [1.165, 1.54) is 0 Å². The van der Waals surface area contributed by atoms with Crippen molar-refractivity contribution in [1.82, 2.24) is 0 Å². The van der Waals surface area contributed by atoms with Gasteiger partial charge in [-0.3, -0.25) is 0 Å². The highest BCUT2D eigenvalue weighted by Crippen LogP contribution is 1.87. The van der Waals surface area contributed by atoms with Gasteiger partial charge in [-0.15, -0.1) is 10.1 Å². The van der Waals surface area contributed by atoms with Crippen molar-refractivity contribution in [2.75, 3.05) is 13.2 Å². The molecule has 0 aliphatic carbocycles. The van der Waals surface area contributed by atoms with Gasteiger partial charge in [0.25, 0.3) is 5.09 Å². The van der Waals surface area contributed by atoms with Crippen LogP contribution in [0.15, 0.2) is 0 Å². The van der Waals surface area contributed by atoms with Gasteiger partial charge in [-0.05, 0) is 0 Å². The van der Waals surface area contributed by atoms with E-state index in [1.54, 1.807) is 0 Å². The Morgan fingerprint density at radius 1 is 1.56 bits per heavy atom. The first-order valence-corrected chi connectivity index (χ1v) is 2.23. The third kappa shape index (κ3) is 3.68. The Labute approximate surface area is 50.8 Å². The zero-order valence-electron chi connectivity index (χ0n) is 4.56. The van der Waals surface area contributed by atoms with Gasteiger partial charge in [-0.2, -0.15) is 0 Å². The summed E-state index contributed by atoms with van der Waals surface area (Å²) in [6.45, 7) is -1.12. The average Bonchev–Trinajstić information content (AvgIpc) is 1.82. The van der Waals surface area contributed by atoms with Crippen LogP contribution in [-0.2, 0) is 4.84 Å². The maximum absolute atomic E-state index is 9.49. The summed E-state index contributed by atoms with van der Waals surface area (Å²) in [5.74, 6) is 0. The van der Waals surface area contributed by atoms with Crippen LogP contribution in [0.2, 0.25) is 0 Å². The average molecular weight is 137 g/mol. The van der Waals surface area contributed by atoms with Crippen LogP contribution in [0.5, 0.6) is 0 Å². The Balaban J connectivity index is 3.43. The summed E-state index contributed by atoms with van der Waals surface area (Å²) < 4.78 is 0. The molecule has 0 aromatic heterocycles. The number of nitrogens with zero attached hydrogens (tertiary/aromatic N) is 1. The quantitative estimate of drug-likeness (QED) is 0.365. The SMILES string of the molecule is O=[N+]([O-])OC(CO)CO. The summed E-state index contributed by atoms with van der Waals surface area (Å²) in [7, 11) is 0. The van der Waals surface area contributed by atoms with Gasteiger partial charge in [0, 0.05) is 0 Å². The third-order valence-electron chi connectivity index (χ3n) is 0.642. The smallest absolute Gasteiger partial charge is 0.294 e. The minimum absolute atomic E-state index is 0.558. The van der Waals surface area contributed by atoms with Crippen LogP contribution >= 0.6 is 0 Å². The minimum atomic E-state index is -1.11. The highest BCUT2D eigenvalue weighted by molar-refractivity contribution is 4.46. The van der Waals surface area contributed by atoms with E-state index >= 15 is 0 Å². The van der Waals surface area contributed by atoms with Crippen LogP contribution in [0, 0.1) is 10.1 Å². The molecule has 0 heterocycles. The lowest BCUT2D eigenvalue weighted by atomic mass is 10.4. The van der Waals surface area contributed by atoms with Gasteiger partial charge in [0.05, 0.1) is 13.2 Å². The Morgan fingerprint density at radius 3 is 2.11 bits per heavy atom. The molecule has 6 nitrogen and oxygen atoms in total. The van der Waals surface area contributed by atoms with Crippen LogP contribution in [0.3, 0.4) is 0 Å². The highest BCUT2D eigenvalue weighted by Gasteiger charge is 2.08. The molecule has 0 saturated heterocycles. The maximum atomic E-state index is 9.49. The monoisotopic (exact) mass is 137 g/mol. The molecule has 0 unspecified atom stereocenters. The molecule has 0 amide bonds. The van der Waals surface area contributed by atoms with Crippen LogP contribution in [0.4, 0.5) is 0 Å². The molecular formula is C3H7NO5. The van der Waals surface area contributed by atoms with E-state index in [1.807, 2.05) is 0 Å². The van der Waals surface area contributed by atoms with Crippen LogP contribution < -0.4 is 0 Å². The zero-order valence-corrected chi connectivity index (χ0v) is 4.56. The molecule has 0 rings (SSSR count). The predicted molar refractivity (Wildman–Crippen MR) is 26.0 cm³/mol. The van der Waals surface area contributed by atoms with Gasteiger partial charge in [0.1, 0.15) is 0 Å². The molecule has 0 aromatic carbocycles. The largest absolute Gasteiger partial charge is 0.394 e. The molecule has 54 valence electrons. The highest BCUT2D eigenvalue weighted by atomic mass is 17.0. The number of aliphatic hydroxyl groups excluding tert-OH is 2. The van der Waals surface area contributed by atoms with Crippen molar-refractivity contribution < 1.29 is 20.1 Å². The first kappa shape index (κ1) is 8.12. The number of hydrogen-bond acceptors (Lipinski definition) is 5. The molecule has 0 bridgehead atoms. The van der Waals surface area contributed by atoms with Gasteiger partial charge < -0.3 is 15.1 Å². The molecule has 0 aliphatic rings. The molecular weight excluding hydrogens is 130 g/mol. The summed E-state index contributed by atoms with van der Waals surface area (Å²) >= 11 is 0. The predicted octanol–water partition coefficient (Wildman–Crippen LogP) is -1.45. The minimum Gasteiger partial charge on any atom is -0.394 e. The zero-order chi connectivity index (χ0) is 7.28. The molecule has 0 spiro atoms. The van der Waals surface area contributed by atoms with E-state index in [9.17, 15) is 10.1 Å². The lowest BCUT2D eigenvalue weighted by molar-refractivity contribution is -0.769. The fraction of sp³-hybridized carbons (Fsp3) is 1.00. The second-order valence-corrected chi connectivity index (χ2v) is 1.32. The van der Waals surface area contributed by atoms with Crippen molar-refractivity contribution in [3.8, 4) is 0 Å². The first-order chi connectivity index (χ1) is 4.20. The summed E-state index contributed by atoms with van der Waals surface area (Å²) in [5, 5.41) is 24.8. The molecule has 0 saturated carbocycles. The molecule has 2 N–H and O–H groups in total. The first-order valence-electron chi connectivity index (χ1n) is 2.23.